The van der Waals surface area contributed by atoms with Gasteiger partial charge in [-0.2, -0.15) is 0 Å². The lowest BCUT2D eigenvalue weighted by atomic mass is 9.90. The zero-order chi connectivity index (χ0) is 15.7. The van der Waals surface area contributed by atoms with E-state index < -0.39 is 11.9 Å². The van der Waals surface area contributed by atoms with E-state index in [0.717, 1.165) is 47.2 Å². The van der Waals surface area contributed by atoms with Gasteiger partial charge in [0.1, 0.15) is 17.7 Å². The molecule has 0 spiro atoms. The quantitative estimate of drug-likeness (QED) is 0.939. The van der Waals surface area contributed by atoms with E-state index in [1.165, 1.54) is 12.1 Å². The molecule has 0 saturated carbocycles. The molecule has 1 unspecified atom stereocenters. The molecule has 2 aromatic rings. The maximum absolute atomic E-state index is 12.9. The van der Waals surface area contributed by atoms with Crippen LogP contribution in [0.2, 0.25) is 0 Å². The van der Waals surface area contributed by atoms with Crippen molar-refractivity contribution in [3.8, 4) is 0 Å². The molecule has 0 amide bonds. The lowest BCUT2D eigenvalue weighted by Gasteiger charge is -2.18. The Hall–Kier alpha value is -2.27. The minimum Gasteiger partial charge on any atom is -0.382 e. The van der Waals surface area contributed by atoms with Gasteiger partial charge in [-0.05, 0) is 50.0 Å². The Labute approximate surface area is 128 Å². The Kier molecular flexibility index (Phi) is 3.90. The summed E-state index contributed by atoms with van der Waals surface area (Å²) < 4.78 is 18.2. The van der Waals surface area contributed by atoms with Crippen molar-refractivity contribution in [3.05, 3.63) is 64.6 Å². The first-order valence-electron chi connectivity index (χ1n) is 7.19. The monoisotopic (exact) mass is 300 g/mol. The van der Waals surface area contributed by atoms with Gasteiger partial charge < -0.3 is 9.63 Å². The summed E-state index contributed by atoms with van der Waals surface area (Å²) in [5.74, 6) is 0.361. The molecule has 1 N–H and O–H groups in total. The molecular formula is C17H17FN2O2. The van der Waals surface area contributed by atoms with E-state index >= 15 is 0 Å². The predicted octanol–water partition coefficient (Wildman–Crippen LogP) is 3.66. The fourth-order valence-corrected chi connectivity index (χ4v) is 2.78. The minimum absolute atomic E-state index is 0.416. The molecule has 1 aliphatic carbocycles. The number of nitrogens with zero attached hydrogens (tertiary/aromatic N) is 2. The number of hydrogen-bond acceptors (Lipinski definition) is 4. The first-order chi connectivity index (χ1) is 10.6. The Bertz CT molecular complexity index is 725. The Morgan fingerprint density at radius 2 is 2.14 bits per heavy atom. The standard InChI is InChI=1S/C17H17FN2O2/c1-10-16(11(2)22-20-10)12-4-3-5-13(8-12)17(21)15-7-6-14(18)9-19-15/h5-9,17,21H,3-4H2,1-2H3. The van der Waals surface area contributed by atoms with E-state index in [-0.39, 0.29) is 0 Å². The van der Waals surface area contributed by atoms with Crippen LogP contribution in [0, 0.1) is 19.7 Å². The van der Waals surface area contributed by atoms with Crippen LogP contribution in [-0.4, -0.2) is 15.2 Å². The van der Waals surface area contributed by atoms with Crippen LogP contribution >= 0.6 is 0 Å². The third-order valence-corrected chi connectivity index (χ3v) is 3.84. The summed E-state index contributed by atoms with van der Waals surface area (Å²) in [7, 11) is 0. The maximum atomic E-state index is 12.9. The Morgan fingerprint density at radius 3 is 2.77 bits per heavy atom. The highest BCUT2D eigenvalue weighted by Gasteiger charge is 2.20. The topological polar surface area (TPSA) is 59.2 Å². The van der Waals surface area contributed by atoms with Crippen LogP contribution in [0.1, 0.15) is 41.7 Å². The van der Waals surface area contributed by atoms with E-state index in [9.17, 15) is 9.50 Å². The molecule has 4 nitrogen and oxygen atoms in total. The largest absolute Gasteiger partial charge is 0.382 e. The molecular weight excluding hydrogens is 283 g/mol. The molecule has 5 heteroatoms. The van der Waals surface area contributed by atoms with Gasteiger partial charge in [0.05, 0.1) is 17.6 Å². The van der Waals surface area contributed by atoms with Crippen LogP contribution in [0.3, 0.4) is 0 Å². The molecule has 0 radical (unpaired) electrons. The highest BCUT2D eigenvalue weighted by Crippen LogP contribution is 2.34. The zero-order valence-corrected chi connectivity index (χ0v) is 12.5. The van der Waals surface area contributed by atoms with Crippen LogP contribution in [0.5, 0.6) is 0 Å². The SMILES string of the molecule is Cc1noc(C)c1C1=CC(C(O)c2ccc(F)cn2)=CCC1. The molecule has 0 saturated heterocycles. The molecule has 0 aliphatic heterocycles. The normalized spacial score (nSPS) is 16.2. The summed E-state index contributed by atoms with van der Waals surface area (Å²) in [6, 6.07) is 2.80. The van der Waals surface area contributed by atoms with Crippen LogP contribution < -0.4 is 0 Å². The fraction of sp³-hybridized carbons (Fsp3) is 0.294. The van der Waals surface area contributed by atoms with Crippen LogP contribution in [0.15, 0.2) is 40.6 Å². The average molecular weight is 300 g/mol. The van der Waals surface area contributed by atoms with Gasteiger partial charge in [0, 0.05) is 5.56 Å². The van der Waals surface area contributed by atoms with Crippen molar-refractivity contribution in [1.29, 1.82) is 0 Å². The summed E-state index contributed by atoms with van der Waals surface area (Å²) in [5.41, 5.74) is 4.14. The fourth-order valence-electron chi connectivity index (χ4n) is 2.78. The van der Waals surface area contributed by atoms with Crippen LogP contribution in [0.4, 0.5) is 4.39 Å². The lowest BCUT2D eigenvalue weighted by Crippen LogP contribution is -2.06. The summed E-state index contributed by atoms with van der Waals surface area (Å²) in [5, 5.41) is 14.4. The number of allylic oxidation sites excluding steroid dienone is 2. The summed E-state index contributed by atoms with van der Waals surface area (Å²) in [6.45, 7) is 3.79. The van der Waals surface area contributed by atoms with E-state index in [2.05, 4.69) is 10.1 Å². The summed E-state index contributed by atoms with van der Waals surface area (Å²) in [6.07, 6.45) is 5.88. The van der Waals surface area contributed by atoms with Crippen molar-refractivity contribution in [2.45, 2.75) is 32.8 Å². The first kappa shape index (κ1) is 14.7. The van der Waals surface area contributed by atoms with Gasteiger partial charge in [-0.15, -0.1) is 0 Å². The number of halogens is 1. The van der Waals surface area contributed by atoms with E-state index in [1.54, 1.807) is 0 Å². The molecule has 114 valence electrons. The summed E-state index contributed by atoms with van der Waals surface area (Å²) >= 11 is 0. The number of aliphatic hydroxyl groups is 1. The van der Waals surface area contributed by atoms with Gasteiger partial charge >= 0.3 is 0 Å². The second-order valence-electron chi connectivity index (χ2n) is 5.42. The molecule has 2 aromatic heterocycles. The summed E-state index contributed by atoms with van der Waals surface area (Å²) in [4.78, 5) is 3.95. The molecule has 0 bridgehead atoms. The molecule has 1 atom stereocenters. The van der Waals surface area contributed by atoms with Gasteiger partial charge in [-0.3, -0.25) is 4.98 Å². The third-order valence-electron chi connectivity index (χ3n) is 3.84. The van der Waals surface area contributed by atoms with Gasteiger partial charge in [0.2, 0.25) is 0 Å². The van der Waals surface area contributed by atoms with Gasteiger partial charge in [-0.25, -0.2) is 4.39 Å². The highest BCUT2D eigenvalue weighted by atomic mass is 19.1. The highest BCUT2D eigenvalue weighted by molar-refractivity contribution is 5.72. The zero-order valence-electron chi connectivity index (χ0n) is 12.5. The number of aromatic nitrogens is 2. The van der Waals surface area contributed by atoms with E-state index in [4.69, 9.17) is 4.52 Å². The minimum atomic E-state index is -0.864. The van der Waals surface area contributed by atoms with Crippen molar-refractivity contribution >= 4 is 5.57 Å². The number of rotatable bonds is 3. The molecule has 0 aromatic carbocycles. The number of pyridine rings is 1. The van der Waals surface area contributed by atoms with E-state index in [0.29, 0.717) is 5.69 Å². The average Bonchev–Trinajstić information content (AvgIpc) is 2.86. The number of hydrogen-bond donors (Lipinski definition) is 1. The molecule has 22 heavy (non-hydrogen) atoms. The third kappa shape index (κ3) is 2.72. The Balaban J connectivity index is 1.92. The van der Waals surface area contributed by atoms with Crippen molar-refractivity contribution < 1.29 is 14.0 Å². The molecule has 3 rings (SSSR count). The van der Waals surface area contributed by atoms with Gasteiger partial charge in [0.25, 0.3) is 0 Å². The first-order valence-corrected chi connectivity index (χ1v) is 7.19. The van der Waals surface area contributed by atoms with Crippen molar-refractivity contribution in [3.63, 3.8) is 0 Å². The number of aliphatic hydroxyl groups excluding tert-OH is 1. The van der Waals surface area contributed by atoms with Crippen molar-refractivity contribution in [2.24, 2.45) is 0 Å². The predicted molar refractivity (Wildman–Crippen MR) is 80.4 cm³/mol. The Morgan fingerprint density at radius 1 is 1.32 bits per heavy atom. The van der Waals surface area contributed by atoms with Gasteiger partial charge in [0.15, 0.2) is 0 Å². The van der Waals surface area contributed by atoms with Crippen LogP contribution in [-0.2, 0) is 0 Å². The smallest absolute Gasteiger partial charge is 0.141 e. The van der Waals surface area contributed by atoms with Crippen molar-refractivity contribution in [1.82, 2.24) is 10.1 Å². The van der Waals surface area contributed by atoms with Gasteiger partial charge in [-0.1, -0.05) is 17.3 Å². The van der Waals surface area contributed by atoms with Crippen LogP contribution in [0.25, 0.3) is 5.57 Å². The molecule has 0 fully saturated rings. The maximum Gasteiger partial charge on any atom is 0.141 e. The molecule has 1 aliphatic rings. The second kappa shape index (κ2) is 5.85. The molecule has 2 heterocycles. The van der Waals surface area contributed by atoms with Crippen molar-refractivity contribution in [2.75, 3.05) is 0 Å². The lowest BCUT2D eigenvalue weighted by molar-refractivity contribution is 0.213. The second-order valence-corrected chi connectivity index (χ2v) is 5.42. The van der Waals surface area contributed by atoms with E-state index in [1.807, 2.05) is 26.0 Å². The number of aryl methyl sites for hydroxylation is 2.